The lowest BCUT2D eigenvalue weighted by Crippen LogP contribution is -2.12. The van der Waals surface area contributed by atoms with Gasteiger partial charge in [0.25, 0.3) is 5.56 Å². The molecule has 0 aliphatic heterocycles. The molecule has 0 saturated heterocycles. The molecule has 0 aliphatic rings. The van der Waals surface area contributed by atoms with Gasteiger partial charge in [0.2, 0.25) is 5.82 Å². The predicted octanol–water partition coefficient (Wildman–Crippen LogP) is 0.971. The quantitative estimate of drug-likeness (QED) is 0.730. The van der Waals surface area contributed by atoms with Gasteiger partial charge in [-0.25, -0.2) is 4.98 Å². The summed E-state index contributed by atoms with van der Waals surface area (Å²) in [6, 6.07) is 3.18. The lowest BCUT2D eigenvalue weighted by molar-refractivity contribution is 0.604. The molecule has 0 bridgehead atoms. The molecule has 0 atom stereocenters. The molecule has 0 fully saturated rings. The molecule has 4 nitrogen and oxygen atoms in total. The van der Waals surface area contributed by atoms with E-state index >= 15 is 0 Å². The lowest BCUT2D eigenvalue weighted by atomic mass is 10.2. The second kappa shape index (κ2) is 3.37. The monoisotopic (exact) mass is 191 g/mol. The third kappa shape index (κ3) is 1.39. The largest absolute Gasteiger partial charge is 0.311 e. The summed E-state index contributed by atoms with van der Waals surface area (Å²) >= 11 is 0. The van der Waals surface area contributed by atoms with Gasteiger partial charge in [0.1, 0.15) is 5.69 Å². The summed E-state index contributed by atoms with van der Waals surface area (Å²) in [5.41, 5.74) is -0.202. The maximum Gasteiger partial charge on any atom is 0.287 e. The molecule has 2 rings (SSSR count). The molecule has 2 aromatic heterocycles. The maximum atomic E-state index is 13.3. The van der Waals surface area contributed by atoms with Crippen molar-refractivity contribution in [2.24, 2.45) is 0 Å². The minimum atomic E-state index is -0.876. The Morgan fingerprint density at radius 1 is 1.29 bits per heavy atom. The molecule has 0 aliphatic carbocycles. The van der Waals surface area contributed by atoms with E-state index in [4.69, 9.17) is 0 Å². The Kier molecular flexibility index (Phi) is 2.06. The van der Waals surface area contributed by atoms with Gasteiger partial charge in [-0.2, -0.15) is 4.39 Å². The zero-order valence-electron chi connectivity index (χ0n) is 7.07. The van der Waals surface area contributed by atoms with Gasteiger partial charge in [-0.05, 0) is 12.1 Å². The summed E-state index contributed by atoms with van der Waals surface area (Å²) in [7, 11) is 0. The number of aromatic nitrogens is 3. The van der Waals surface area contributed by atoms with Crippen LogP contribution in [0, 0.1) is 5.82 Å². The number of hydrogen-bond donors (Lipinski definition) is 1. The van der Waals surface area contributed by atoms with Gasteiger partial charge in [0.15, 0.2) is 0 Å². The first kappa shape index (κ1) is 8.55. The molecular weight excluding hydrogens is 185 g/mol. The summed E-state index contributed by atoms with van der Waals surface area (Å²) in [4.78, 5) is 20.6. The highest BCUT2D eigenvalue weighted by Crippen LogP contribution is 2.15. The summed E-state index contributed by atoms with van der Waals surface area (Å²) in [5, 5.41) is 0. The van der Waals surface area contributed by atoms with Crippen LogP contribution in [0.2, 0.25) is 0 Å². The molecule has 14 heavy (non-hydrogen) atoms. The van der Waals surface area contributed by atoms with Crippen molar-refractivity contribution in [3.05, 3.63) is 47.0 Å². The van der Waals surface area contributed by atoms with E-state index in [1.54, 1.807) is 12.1 Å². The Labute approximate surface area is 78.5 Å². The first-order valence-electron chi connectivity index (χ1n) is 3.92. The minimum absolute atomic E-state index is 0.0381. The van der Waals surface area contributed by atoms with Crippen molar-refractivity contribution in [2.45, 2.75) is 0 Å². The second-order valence-corrected chi connectivity index (χ2v) is 2.63. The zero-order valence-corrected chi connectivity index (χ0v) is 7.07. The highest BCUT2D eigenvalue weighted by atomic mass is 19.1. The molecule has 0 spiro atoms. The molecule has 2 aromatic rings. The number of H-pyrrole nitrogens is 1. The van der Waals surface area contributed by atoms with E-state index in [2.05, 4.69) is 15.0 Å². The fraction of sp³-hybridized carbons (Fsp3) is 0. The SMILES string of the molecule is O=c1[nH]cnc(-c2ccncc2)c1F. The van der Waals surface area contributed by atoms with E-state index in [0.29, 0.717) is 5.56 Å². The highest BCUT2D eigenvalue weighted by molar-refractivity contribution is 5.57. The van der Waals surface area contributed by atoms with E-state index in [1.807, 2.05) is 0 Å². The van der Waals surface area contributed by atoms with Gasteiger partial charge < -0.3 is 4.98 Å². The molecular formula is C9H6FN3O. The lowest BCUT2D eigenvalue weighted by Gasteiger charge is -1.99. The van der Waals surface area contributed by atoms with Crippen molar-refractivity contribution >= 4 is 0 Å². The van der Waals surface area contributed by atoms with Gasteiger partial charge in [-0.15, -0.1) is 0 Å². The van der Waals surface area contributed by atoms with Crippen LogP contribution < -0.4 is 5.56 Å². The Bertz CT molecular complexity index is 495. The van der Waals surface area contributed by atoms with E-state index < -0.39 is 11.4 Å². The Balaban J connectivity index is 2.64. The van der Waals surface area contributed by atoms with Gasteiger partial charge in [-0.3, -0.25) is 9.78 Å². The van der Waals surface area contributed by atoms with Crippen molar-refractivity contribution in [1.82, 2.24) is 15.0 Å². The van der Waals surface area contributed by atoms with Crippen molar-refractivity contribution in [1.29, 1.82) is 0 Å². The molecule has 1 N–H and O–H groups in total. The number of pyridine rings is 1. The molecule has 2 heterocycles. The normalized spacial score (nSPS) is 10.1. The number of halogens is 1. The molecule has 0 saturated carbocycles. The van der Waals surface area contributed by atoms with E-state index in [0.717, 1.165) is 0 Å². The van der Waals surface area contributed by atoms with Gasteiger partial charge in [-0.1, -0.05) is 0 Å². The molecule has 70 valence electrons. The third-order valence-electron chi connectivity index (χ3n) is 1.75. The standard InChI is InChI=1S/C9H6FN3O/c10-7-8(12-5-13-9(7)14)6-1-3-11-4-2-6/h1-5H,(H,12,13,14). The van der Waals surface area contributed by atoms with Crippen LogP contribution in [0.15, 0.2) is 35.6 Å². The van der Waals surface area contributed by atoms with Crippen molar-refractivity contribution in [2.75, 3.05) is 0 Å². The highest BCUT2D eigenvalue weighted by Gasteiger charge is 2.08. The first-order chi connectivity index (χ1) is 6.79. The first-order valence-corrected chi connectivity index (χ1v) is 3.92. The summed E-state index contributed by atoms with van der Waals surface area (Å²) in [5.74, 6) is -0.876. The van der Waals surface area contributed by atoms with Crippen LogP contribution in [0.3, 0.4) is 0 Å². The zero-order chi connectivity index (χ0) is 9.97. The van der Waals surface area contributed by atoms with Crippen molar-refractivity contribution < 1.29 is 4.39 Å². The summed E-state index contributed by atoms with van der Waals surface area (Å²) in [6.07, 6.45) is 4.19. The van der Waals surface area contributed by atoms with Crippen molar-refractivity contribution in [3.8, 4) is 11.3 Å². The number of aromatic amines is 1. The summed E-state index contributed by atoms with van der Waals surface area (Å²) < 4.78 is 13.3. The number of nitrogens with one attached hydrogen (secondary N) is 1. The number of rotatable bonds is 1. The van der Waals surface area contributed by atoms with E-state index in [9.17, 15) is 9.18 Å². The predicted molar refractivity (Wildman–Crippen MR) is 48.0 cm³/mol. The fourth-order valence-corrected chi connectivity index (χ4v) is 1.09. The van der Waals surface area contributed by atoms with Crippen LogP contribution in [0.4, 0.5) is 4.39 Å². The summed E-state index contributed by atoms with van der Waals surface area (Å²) in [6.45, 7) is 0. The van der Waals surface area contributed by atoms with E-state index in [1.165, 1.54) is 18.7 Å². The second-order valence-electron chi connectivity index (χ2n) is 2.63. The maximum absolute atomic E-state index is 13.3. The van der Waals surface area contributed by atoms with Crippen molar-refractivity contribution in [3.63, 3.8) is 0 Å². The van der Waals surface area contributed by atoms with Gasteiger partial charge >= 0.3 is 0 Å². The molecule has 0 aromatic carbocycles. The fourth-order valence-electron chi connectivity index (χ4n) is 1.09. The number of nitrogens with zero attached hydrogens (tertiary/aromatic N) is 2. The Hall–Kier alpha value is -2.04. The minimum Gasteiger partial charge on any atom is -0.311 e. The Morgan fingerprint density at radius 3 is 2.71 bits per heavy atom. The smallest absolute Gasteiger partial charge is 0.287 e. The van der Waals surface area contributed by atoms with Crippen LogP contribution >= 0.6 is 0 Å². The molecule has 0 radical (unpaired) electrons. The van der Waals surface area contributed by atoms with Crippen LogP contribution in [0.5, 0.6) is 0 Å². The number of hydrogen-bond acceptors (Lipinski definition) is 3. The van der Waals surface area contributed by atoms with Crippen LogP contribution in [0.25, 0.3) is 11.3 Å². The molecule has 0 unspecified atom stereocenters. The average Bonchev–Trinajstić information content (AvgIpc) is 2.23. The molecule has 0 amide bonds. The van der Waals surface area contributed by atoms with Gasteiger partial charge in [0.05, 0.1) is 6.33 Å². The van der Waals surface area contributed by atoms with Crippen LogP contribution in [-0.4, -0.2) is 15.0 Å². The Morgan fingerprint density at radius 2 is 2.00 bits per heavy atom. The van der Waals surface area contributed by atoms with Crippen LogP contribution in [0.1, 0.15) is 0 Å². The van der Waals surface area contributed by atoms with E-state index in [-0.39, 0.29) is 5.69 Å². The van der Waals surface area contributed by atoms with Crippen LogP contribution in [-0.2, 0) is 0 Å². The topological polar surface area (TPSA) is 58.6 Å². The third-order valence-corrected chi connectivity index (χ3v) is 1.75. The van der Waals surface area contributed by atoms with Gasteiger partial charge in [0, 0.05) is 18.0 Å². The average molecular weight is 191 g/mol. The molecule has 5 heteroatoms.